The summed E-state index contributed by atoms with van der Waals surface area (Å²) in [6.45, 7) is 5.23. The van der Waals surface area contributed by atoms with Gasteiger partial charge >= 0.3 is 5.22 Å². The van der Waals surface area contributed by atoms with Gasteiger partial charge in [0.05, 0.1) is 6.20 Å². The lowest BCUT2D eigenvalue weighted by Gasteiger charge is -2.18. The molecular formula is C7H12N2O3S. The average molecular weight is 204 g/mol. The Labute approximate surface area is 77.2 Å². The lowest BCUT2D eigenvalue weighted by Crippen LogP contribution is -2.40. The Kier molecular flexibility index (Phi) is 2.44. The van der Waals surface area contributed by atoms with Crippen LogP contribution in [0.15, 0.2) is 22.1 Å². The summed E-state index contributed by atoms with van der Waals surface area (Å²) >= 11 is 0. The molecule has 1 aromatic heterocycles. The van der Waals surface area contributed by atoms with Crippen LogP contribution in [0.3, 0.4) is 0 Å². The van der Waals surface area contributed by atoms with Crippen LogP contribution in [0.5, 0.6) is 0 Å². The molecule has 0 aliphatic rings. The smallest absolute Gasteiger partial charge is 0.330 e. The predicted molar refractivity (Wildman–Crippen MR) is 46.6 cm³/mol. The van der Waals surface area contributed by atoms with Crippen molar-refractivity contribution in [1.29, 1.82) is 0 Å². The number of oxazole rings is 1. The van der Waals surface area contributed by atoms with E-state index >= 15 is 0 Å². The van der Waals surface area contributed by atoms with Crippen LogP contribution in [-0.2, 0) is 10.0 Å². The van der Waals surface area contributed by atoms with E-state index in [4.69, 9.17) is 0 Å². The second kappa shape index (κ2) is 3.12. The quantitative estimate of drug-likeness (QED) is 0.771. The van der Waals surface area contributed by atoms with Crippen molar-refractivity contribution in [3.63, 3.8) is 0 Å². The summed E-state index contributed by atoms with van der Waals surface area (Å²) in [5, 5.41) is -0.303. The summed E-state index contributed by atoms with van der Waals surface area (Å²) in [5.74, 6) is 0. The first-order chi connectivity index (χ1) is 5.81. The van der Waals surface area contributed by atoms with Gasteiger partial charge in [-0.1, -0.05) is 0 Å². The first-order valence-corrected chi connectivity index (χ1v) is 5.23. The Morgan fingerprint density at radius 2 is 2.08 bits per heavy atom. The molecular weight excluding hydrogens is 192 g/mol. The van der Waals surface area contributed by atoms with Crippen molar-refractivity contribution in [2.75, 3.05) is 0 Å². The number of sulfonamides is 1. The van der Waals surface area contributed by atoms with Crippen LogP contribution < -0.4 is 4.72 Å². The zero-order valence-corrected chi connectivity index (χ0v) is 8.55. The van der Waals surface area contributed by atoms with Crippen molar-refractivity contribution < 1.29 is 12.8 Å². The van der Waals surface area contributed by atoms with Crippen molar-refractivity contribution in [1.82, 2.24) is 9.71 Å². The number of hydrogen-bond acceptors (Lipinski definition) is 4. The molecule has 6 heteroatoms. The van der Waals surface area contributed by atoms with Gasteiger partial charge < -0.3 is 4.42 Å². The fraction of sp³-hybridized carbons (Fsp3) is 0.571. The molecule has 0 unspecified atom stereocenters. The van der Waals surface area contributed by atoms with Gasteiger partial charge in [0.2, 0.25) is 0 Å². The van der Waals surface area contributed by atoms with Crippen LogP contribution in [0, 0.1) is 0 Å². The highest BCUT2D eigenvalue weighted by Gasteiger charge is 2.25. The molecule has 0 bridgehead atoms. The number of aromatic nitrogens is 1. The second-order valence-corrected chi connectivity index (χ2v) is 5.21. The highest BCUT2D eigenvalue weighted by molar-refractivity contribution is 7.89. The minimum Gasteiger partial charge on any atom is -0.436 e. The lowest BCUT2D eigenvalue weighted by molar-refractivity contribution is 0.412. The van der Waals surface area contributed by atoms with Gasteiger partial charge in [-0.15, -0.1) is 0 Å². The molecule has 0 spiro atoms. The van der Waals surface area contributed by atoms with Crippen molar-refractivity contribution in [2.45, 2.75) is 31.5 Å². The number of nitrogens with one attached hydrogen (secondary N) is 1. The highest BCUT2D eigenvalue weighted by atomic mass is 32.2. The van der Waals surface area contributed by atoms with Crippen LogP contribution in [0.2, 0.25) is 0 Å². The zero-order valence-electron chi connectivity index (χ0n) is 7.73. The fourth-order valence-corrected chi connectivity index (χ4v) is 2.07. The summed E-state index contributed by atoms with van der Waals surface area (Å²) < 4.78 is 30.0. The Morgan fingerprint density at radius 3 is 2.46 bits per heavy atom. The van der Waals surface area contributed by atoms with Gasteiger partial charge in [0.25, 0.3) is 10.0 Å². The second-order valence-electron chi connectivity index (χ2n) is 3.65. The SMILES string of the molecule is CC(C)(C)NS(=O)(=O)c1ncco1. The Hall–Kier alpha value is -0.880. The van der Waals surface area contributed by atoms with Gasteiger partial charge in [0.1, 0.15) is 6.26 Å². The predicted octanol–water partition coefficient (Wildman–Crippen LogP) is 0.751. The van der Waals surface area contributed by atoms with E-state index in [2.05, 4.69) is 14.1 Å². The van der Waals surface area contributed by atoms with Crippen molar-refractivity contribution in [3.05, 3.63) is 12.5 Å². The summed E-state index contributed by atoms with van der Waals surface area (Å²) in [5.41, 5.74) is -0.534. The van der Waals surface area contributed by atoms with E-state index in [-0.39, 0.29) is 5.22 Å². The normalized spacial score (nSPS) is 13.2. The molecule has 1 N–H and O–H groups in total. The molecule has 0 saturated carbocycles. The van der Waals surface area contributed by atoms with Gasteiger partial charge in [0.15, 0.2) is 0 Å². The largest absolute Gasteiger partial charge is 0.436 e. The maximum atomic E-state index is 11.4. The van der Waals surface area contributed by atoms with Crippen molar-refractivity contribution in [3.8, 4) is 0 Å². The first-order valence-electron chi connectivity index (χ1n) is 3.75. The van der Waals surface area contributed by atoms with Gasteiger partial charge in [0, 0.05) is 5.54 Å². The van der Waals surface area contributed by atoms with E-state index in [9.17, 15) is 8.42 Å². The number of rotatable bonds is 2. The van der Waals surface area contributed by atoms with E-state index in [1.54, 1.807) is 20.8 Å². The van der Waals surface area contributed by atoms with Crippen LogP contribution in [-0.4, -0.2) is 18.9 Å². The molecule has 0 radical (unpaired) electrons. The maximum absolute atomic E-state index is 11.4. The summed E-state index contributed by atoms with van der Waals surface area (Å²) in [6, 6.07) is 0. The van der Waals surface area contributed by atoms with Crippen LogP contribution >= 0.6 is 0 Å². The molecule has 0 saturated heterocycles. The number of hydrogen-bond donors (Lipinski definition) is 1. The third-order valence-corrected chi connectivity index (χ3v) is 2.62. The van der Waals surface area contributed by atoms with Gasteiger partial charge in [-0.25, -0.2) is 18.1 Å². The van der Waals surface area contributed by atoms with E-state index in [0.29, 0.717) is 0 Å². The van der Waals surface area contributed by atoms with Gasteiger partial charge in [-0.2, -0.15) is 0 Å². The van der Waals surface area contributed by atoms with Gasteiger partial charge in [-0.05, 0) is 20.8 Å². The molecule has 0 aromatic carbocycles. The minimum absolute atomic E-state index is 0.303. The van der Waals surface area contributed by atoms with Gasteiger partial charge in [-0.3, -0.25) is 0 Å². The molecule has 0 amide bonds. The standard InChI is InChI=1S/C7H12N2O3S/c1-7(2,3)9-13(10,11)6-8-4-5-12-6/h4-5,9H,1-3H3. The van der Waals surface area contributed by atoms with Crippen molar-refractivity contribution in [2.24, 2.45) is 0 Å². The van der Waals surface area contributed by atoms with Crippen LogP contribution in [0.25, 0.3) is 0 Å². The molecule has 1 rings (SSSR count). The average Bonchev–Trinajstić information content (AvgIpc) is 2.29. The molecule has 5 nitrogen and oxygen atoms in total. The van der Waals surface area contributed by atoms with E-state index in [1.165, 1.54) is 12.5 Å². The number of nitrogens with zero attached hydrogens (tertiary/aromatic N) is 1. The van der Waals surface area contributed by atoms with Crippen LogP contribution in [0.1, 0.15) is 20.8 Å². The zero-order chi connectivity index (χ0) is 10.1. The topological polar surface area (TPSA) is 72.2 Å². The summed E-state index contributed by atoms with van der Waals surface area (Å²) in [7, 11) is -3.60. The Balaban J connectivity index is 2.93. The molecule has 13 heavy (non-hydrogen) atoms. The van der Waals surface area contributed by atoms with E-state index in [1.807, 2.05) is 0 Å². The third-order valence-electron chi connectivity index (χ3n) is 1.08. The lowest BCUT2D eigenvalue weighted by atomic mass is 10.1. The van der Waals surface area contributed by atoms with E-state index < -0.39 is 15.6 Å². The highest BCUT2D eigenvalue weighted by Crippen LogP contribution is 2.09. The molecule has 1 heterocycles. The van der Waals surface area contributed by atoms with Crippen molar-refractivity contribution >= 4 is 10.0 Å². The van der Waals surface area contributed by atoms with E-state index in [0.717, 1.165) is 0 Å². The molecule has 0 aliphatic heterocycles. The first kappa shape index (κ1) is 10.2. The molecule has 0 fully saturated rings. The summed E-state index contributed by atoms with van der Waals surface area (Å²) in [4.78, 5) is 3.55. The minimum atomic E-state index is -3.60. The fourth-order valence-electron chi connectivity index (χ4n) is 0.790. The van der Waals surface area contributed by atoms with Crippen LogP contribution in [0.4, 0.5) is 0 Å². The Morgan fingerprint density at radius 1 is 1.46 bits per heavy atom. The molecule has 0 aliphatic carbocycles. The molecule has 74 valence electrons. The monoisotopic (exact) mass is 204 g/mol. The maximum Gasteiger partial charge on any atom is 0.330 e. The molecule has 1 aromatic rings. The summed E-state index contributed by atoms with van der Waals surface area (Å²) in [6.07, 6.45) is 2.51. The Bertz CT molecular complexity index is 361. The third kappa shape index (κ3) is 2.82. The molecule has 0 atom stereocenters.